The van der Waals surface area contributed by atoms with Crippen molar-refractivity contribution in [3.05, 3.63) is 24.2 Å². The summed E-state index contributed by atoms with van der Waals surface area (Å²) in [5, 5.41) is 11.3. The van der Waals surface area contributed by atoms with Crippen LogP contribution in [0.3, 0.4) is 0 Å². The minimum absolute atomic E-state index is 0.102. The van der Waals surface area contributed by atoms with Crippen LogP contribution in [0.15, 0.2) is 28.0 Å². The molecule has 0 atom stereocenters. The first-order chi connectivity index (χ1) is 5.74. The maximum absolute atomic E-state index is 10.8. The van der Waals surface area contributed by atoms with E-state index in [9.17, 15) is 4.79 Å². The number of Topliss-reactive ketones (excluding diaryl/α,β-unsaturated/α-hetero) is 1. The highest BCUT2D eigenvalue weighted by Gasteiger charge is 2.08. The van der Waals surface area contributed by atoms with Gasteiger partial charge in [-0.15, -0.1) is 0 Å². The third kappa shape index (κ3) is 1.95. The molecule has 64 valence electrons. The summed E-state index contributed by atoms with van der Waals surface area (Å²) in [4.78, 5) is 10.8. The average Bonchev–Trinajstić information content (AvgIpc) is 2.51. The lowest BCUT2D eigenvalue weighted by Crippen LogP contribution is -2.12. The summed E-state index contributed by atoms with van der Waals surface area (Å²) in [5.74, 6) is 0.354. The van der Waals surface area contributed by atoms with E-state index < -0.39 is 0 Å². The number of hydrogen-bond donors (Lipinski definition) is 1. The standard InChI is InChI=1S/C8H9NO3/c1-6(10)8(9-11)5-7-3-2-4-12-7/h2-4,11H,5H2,1H3/b9-8-. The predicted octanol–water partition coefficient (Wildman–Crippen LogP) is 1.24. The molecule has 0 unspecified atom stereocenters. The number of ketones is 1. The molecule has 0 saturated heterocycles. The number of hydrogen-bond acceptors (Lipinski definition) is 4. The van der Waals surface area contributed by atoms with Crippen LogP contribution in [0.4, 0.5) is 0 Å². The molecule has 0 saturated carbocycles. The first-order valence-corrected chi connectivity index (χ1v) is 3.48. The van der Waals surface area contributed by atoms with Crippen LogP contribution in [0.1, 0.15) is 12.7 Å². The zero-order valence-electron chi connectivity index (χ0n) is 6.65. The van der Waals surface area contributed by atoms with Gasteiger partial charge in [0.1, 0.15) is 11.5 Å². The highest BCUT2D eigenvalue weighted by atomic mass is 16.4. The summed E-state index contributed by atoms with van der Waals surface area (Å²) >= 11 is 0. The maximum Gasteiger partial charge on any atom is 0.177 e. The van der Waals surface area contributed by atoms with Gasteiger partial charge in [-0.3, -0.25) is 4.79 Å². The van der Waals surface area contributed by atoms with Crippen LogP contribution < -0.4 is 0 Å². The van der Waals surface area contributed by atoms with Gasteiger partial charge in [0.05, 0.1) is 12.7 Å². The molecule has 1 aromatic heterocycles. The molecule has 12 heavy (non-hydrogen) atoms. The molecule has 1 N–H and O–H groups in total. The van der Waals surface area contributed by atoms with Crippen LogP contribution in [0, 0.1) is 0 Å². The fourth-order valence-electron chi connectivity index (χ4n) is 0.808. The van der Waals surface area contributed by atoms with Crippen molar-refractivity contribution in [3.8, 4) is 0 Å². The Morgan fingerprint density at radius 2 is 2.50 bits per heavy atom. The summed E-state index contributed by atoms with van der Waals surface area (Å²) in [5.41, 5.74) is 0.102. The van der Waals surface area contributed by atoms with E-state index in [0.717, 1.165) is 0 Å². The van der Waals surface area contributed by atoms with E-state index in [1.54, 1.807) is 12.1 Å². The van der Waals surface area contributed by atoms with Gasteiger partial charge in [-0.25, -0.2) is 0 Å². The molecule has 1 rings (SSSR count). The Bertz CT molecular complexity index is 287. The first-order valence-electron chi connectivity index (χ1n) is 3.48. The molecule has 0 spiro atoms. The van der Waals surface area contributed by atoms with Gasteiger partial charge in [-0.1, -0.05) is 5.16 Å². The second-order valence-corrected chi connectivity index (χ2v) is 2.36. The Hall–Kier alpha value is -1.58. The lowest BCUT2D eigenvalue weighted by molar-refractivity contribution is -0.111. The van der Waals surface area contributed by atoms with Gasteiger partial charge < -0.3 is 9.62 Å². The molecule has 0 aliphatic heterocycles. The molecule has 0 aliphatic carbocycles. The summed E-state index contributed by atoms with van der Waals surface area (Å²) in [6.07, 6.45) is 1.74. The molecule has 0 aromatic carbocycles. The quantitative estimate of drug-likeness (QED) is 0.418. The van der Waals surface area contributed by atoms with Crippen molar-refractivity contribution in [2.75, 3.05) is 0 Å². The highest BCUT2D eigenvalue weighted by molar-refractivity contribution is 6.39. The van der Waals surface area contributed by atoms with Gasteiger partial charge >= 0.3 is 0 Å². The van der Waals surface area contributed by atoms with Crippen LogP contribution >= 0.6 is 0 Å². The fraction of sp³-hybridized carbons (Fsp3) is 0.250. The first kappa shape index (κ1) is 8.52. The van der Waals surface area contributed by atoms with Gasteiger partial charge in [0.25, 0.3) is 0 Å². The molecule has 1 aromatic rings. The summed E-state index contributed by atoms with van der Waals surface area (Å²) < 4.78 is 4.97. The Balaban J connectivity index is 2.68. The molecular weight excluding hydrogens is 158 g/mol. The van der Waals surface area contributed by atoms with Crippen molar-refractivity contribution in [2.24, 2.45) is 5.16 Å². The third-order valence-corrected chi connectivity index (χ3v) is 1.45. The van der Waals surface area contributed by atoms with Crippen molar-refractivity contribution < 1.29 is 14.4 Å². The molecule has 0 bridgehead atoms. The Morgan fingerprint density at radius 1 is 1.75 bits per heavy atom. The normalized spacial score (nSPS) is 11.6. The van der Waals surface area contributed by atoms with Gasteiger partial charge in [0, 0.05) is 6.92 Å². The van der Waals surface area contributed by atoms with E-state index in [-0.39, 0.29) is 17.9 Å². The molecule has 0 radical (unpaired) electrons. The predicted molar refractivity (Wildman–Crippen MR) is 42.3 cm³/mol. The SMILES string of the molecule is CC(=O)/C(Cc1ccco1)=N\O. The molecule has 1 heterocycles. The summed E-state index contributed by atoms with van der Waals surface area (Å²) in [6, 6.07) is 3.43. The maximum atomic E-state index is 10.8. The van der Waals surface area contributed by atoms with Crippen LogP contribution in [0.25, 0.3) is 0 Å². The van der Waals surface area contributed by atoms with E-state index in [1.807, 2.05) is 0 Å². The molecule has 0 aliphatic rings. The lowest BCUT2D eigenvalue weighted by Gasteiger charge is -1.95. The summed E-state index contributed by atoms with van der Waals surface area (Å²) in [6.45, 7) is 1.35. The zero-order valence-corrected chi connectivity index (χ0v) is 6.65. The number of nitrogens with zero attached hydrogens (tertiary/aromatic N) is 1. The fourth-order valence-corrected chi connectivity index (χ4v) is 0.808. The Labute approximate surface area is 69.5 Å². The minimum Gasteiger partial charge on any atom is -0.469 e. The van der Waals surface area contributed by atoms with Crippen LogP contribution in [-0.2, 0) is 11.2 Å². The van der Waals surface area contributed by atoms with Crippen LogP contribution in [-0.4, -0.2) is 16.7 Å². The van der Waals surface area contributed by atoms with E-state index in [2.05, 4.69) is 5.16 Å². The third-order valence-electron chi connectivity index (χ3n) is 1.45. The Kier molecular flexibility index (Phi) is 2.63. The molecular formula is C8H9NO3. The highest BCUT2D eigenvalue weighted by Crippen LogP contribution is 2.02. The largest absolute Gasteiger partial charge is 0.469 e. The van der Waals surface area contributed by atoms with Gasteiger partial charge in [0.2, 0.25) is 0 Å². The molecule has 0 fully saturated rings. The van der Waals surface area contributed by atoms with E-state index >= 15 is 0 Å². The summed E-state index contributed by atoms with van der Waals surface area (Å²) in [7, 11) is 0. The topological polar surface area (TPSA) is 62.8 Å². The van der Waals surface area contributed by atoms with Gasteiger partial charge in [0.15, 0.2) is 5.78 Å². The smallest absolute Gasteiger partial charge is 0.177 e. The van der Waals surface area contributed by atoms with Crippen molar-refractivity contribution in [1.29, 1.82) is 0 Å². The number of carbonyl (C=O) groups excluding carboxylic acids is 1. The van der Waals surface area contributed by atoms with E-state index in [4.69, 9.17) is 9.62 Å². The number of furan rings is 1. The second kappa shape index (κ2) is 3.71. The van der Waals surface area contributed by atoms with Crippen LogP contribution in [0.5, 0.6) is 0 Å². The Morgan fingerprint density at radius 3 is 2.92 bits per heavy atom. The van der Waals surface area contributed by atoms with Crippen LogP contribution in [0.2, 0.25) is 0 Å². The van der Waals surface area contributed by atoms with Crippen molar-refractivity contribution in [1.82, 2.24) is 0 Å². The molecule has 4 nitrogen and oxygen atoms in total. The average molecular weight is 167 g/mol. The number of rotatable bonds is 3. The van der Waals surface area contributed by atoms with Crippen molar-refractivity contribution >= 4 is 11.5 Å². The van der Waals surface area contributed by atoms with Crippen molar-refractivity contribution in [3.63, 3.8) is 0 Å². The monoisotopic (exact) mass is 167 g/mol. The van der Waals surface area contributed by atoms with Crippen molar-refractivity contribution in [2.45, 2.75) is 13.3 Å². The number of oxime groups is 1. The molecule has 0 amide bonds. The minimum atomic E-state index is -0.256. The zero-order chi connectivity index (χ0) is 8.97. The molecule has 4 heteroatoms. The lowest BCUT2D eigenvalue weighted by atomic mass is 10.2. The van der Waals surface area contributed by atoms with E-state index in [0.29, 0.717) is 5.76 Å². The van der Waals surface area contributed by atoms with E-state index in [1.165, 1.54) is 13.2 Å². The number of carbonyl (C=O) groups is 1. The van der Waals surface area contributed by atoms with Gasteiger partial charge in [-0.05, 0) is 12.1 Å². The van der Waals surface area contributed by atoms with Gasteiger partial charge in [-0.2, -0.15) is 0 Å². The second-order valence-electron chi connectivity index (χ2n) is 2.36.